The second-order valence-electron chi connectivity index (χ2n) is 6.70. The molecule has 1 aromatic carbocycles. The van der Waals surface area contributed by atoms with Gasteiger partial charge in [-0.25, -0.2) is 0 Å². The van der Waals surface area contributed by atoms with Gasteiger partial charge >= 0.3 is 0 Å². The van der Waals surface area contributed by atoms with Crippen molar-refractivity contribution in [3.05, 3.63) is 65.1 Å². The number of pyridine rings is 1. The van der Waals surface area contributed by atoms with Gasteiger partial charge in [-0.15, -0.1) is 0 Å². The third-order valence-electron chi connectivity index (χ3n) is 4.36. The molecule has 3 rings (SSSR count). The fourth-order valence-electron chi connectivity index (χ4n) is 3.11. The van der Waals surface area contributed by atoms with Crippen molar-refractivity contribution in [1.29, 1.82) is 0 Å². The molecular formula is C20H25N3. The summed E-state index contributed by atoms with van der Waals surface area (Å²) in [6, 6.07) is 11.4. The molecule has 0 saturated carbocycles. The molecule has 120 valence electrons. The Balaban J connectivity index is 1.84. The van der Waals surface area contributed by atoms with Gasteiger partial charge in [0.1, 0.15) is 0 Å². The molecule has 2 aromatic heterocycles. The molecule has 0 aliphatic carbocycles. The maximum Gasteiger partial charge on any atom is 0.0461 e. The van der Waals surface area contributed by atoms with Crippen LogP contribution >= 0.6 is 0 Å². The number of fused-ring (bicyclic) bond motifs is 1. The summed E-state index contributed by atoms with van der Waals surface area (Å²) in [5, 5.41) is 1.33. The van der Waals surface area contributed by atoms with Crippen LogP contribution in [0.15, 0.2) is 42.7 Å². The van der Waals surface area contributed by atoms with Crippen LogP contribution < -0.4 is 0 Å². The summed E-state index contributed by atoms with van der Waals surface area (Å²) in [4.78, 5) is 10.3. The molecule has 0 saturated heterocycles. The minimum Gasteiger partial charge on any atom is -0.357 e. The van der Waals surface area contributed by atoms with E-state index in [1.165, 1.54) is 33.3 Å². The summed E-state index contributed by atoms with van der Waals surface area (Å²) in [5.41, 5.74) is 6.41. The molecule has 0 unspecified atom stereocenters. The molecular weight excluding hydrogens is 282 g/mol. The van der Waals surface area contributed by atoms with E-state index in [-0.39, 0.29) is 0 Å². The Morgan fingerprint density at radius 2 is 1.96 bits per heavy atom. The summed E-state index contributed by atoms with van der Waals surface area (Å²) in [5.74, 6) is 0. The van der Waals surface area contributed by atoms with Gasteiger partial charge in [0.15, 0.2) is 0 Å². The van der Waals surface area contributed by atoms with E-state index in [0.29, 0.717) is 6.04 Å². The number of nitrogens with zero attached hydrogens (tertiary/aromatic N) is 2. The Labute approximate surface area is 138 Å². The Morgan fingerprint density at radius 3 is 2.65 bits per heavy atom. The standard InChI is InChI=1S/C20H25N3/c1-14(2)23(12-17-6-5-7-21-11-17)13-18-10-19-16(4)8-15(3)9-20(19)22-18/h5-11,14,22H,12-13H2,1-4H3. The fourth-order valence-corrected chi connectivity index (χ4v) is 3.11. The van der Waals surface area contributed by atoms with Crippen LogP contribution in [0.2, 0.25) is 0 Å². The van der Waals surface area contributed by atoms with Crippen LogP contribution in [0.25, 0.3) is 10.9 Å². The normalized spacial score (nSPS) is 11.7. The average Bonchev–Trinajstić information content (AvgIpc) is 2.90. The topological polar surface area (TPSA) is 31.9 Å². The fraction of sp³-hybridized carbons (Fsp3) is 0.350. The zero-order valence-electron chi connectivity index (χ0n) is 14.4. The first-order valence-corrected chi connectivity index (χ1v) is 8.24. The predicted molar refractivity (Wildman–Crippen MR) is 96.4 cm³/mol. The zero-order chi connectivity index (χ0) is 16.4. The van der Waals surface area contributed by atoms with E-state index in [9.17, 15) is 0 Å². The quantitative estimate of drug-likeness (QED) is 0.747. The number of H-pyrrole nitrogens is 1. The largest absolute Gasteiger partial charge is 0.357 e. The van der Waals surface area contributed by atoms with Crippen molar-refractivity contribution < 1.29 is 0 Å². The van der Waals surface area contributed by atoms with Crippen molar-refractivity contribution in [3.63, 3.8) is 0 Å². The highest BCUT2D eigenvalue weighted by molar-refractivity contribution is 5.84. The lowest BCUT2D eigenvalue weighted by Gasteiger charge is -2.25. The van der Waals surface area contributed by atoms with Crippen molar-refractivity contribution in [2.24, 2.45) is 0 Å². The van der Waals surface area contributed by atoms with Crippen molar-refractivity contribution in [2.75, 3.05) is 0 Å². The number of nitrogens with one attached hydrogen (secondary N) is 1. The lowest BCUT2D eigenvalue weighted by molar-refractivity contribution is 0.201. The van der Waals surface area contributed by atoms with Gasteiger partial charge in [0, 0.05) is 48.1 Å². The molecule has 0 aliphatic heterocycles. The van der Waals surface area contributed by atoms with Gasteiger partial charge in [-0.1, -0.05) is 12.1 Å². The number of aromatic amines is 1. The second-order valence-corrected chi connectivity index (χ2v) is 6.70. The number of hydrogen-bond acceptors (Lipinski definition) is 2. The number of benzene rings is 1. The molecule has 1 N–H and O–H groups in total. The molecule has 3 heteroatoms. The van der Waals surface area contributed by atoms with E-state index >= 15 is 0 Å². The smallest absolute Gasteiger partial charge is 0.0461 e. The van der Waals surface area contributed by atoms with Crippen LogP contribution in [0, 0.1) is 13.8 Å². The lowest BCUT2D eigenvalue weighted by atomic mass is 10.1. The summed E-state index contributed by atoms with van der Waals surface area (Å²) in [6.45, 7) is 10.7. The minimum absolute atomic E-state index is 0.476. The first-order valence-electron chi connectivity index (χ1n) is 8.24. The number of hydrogen-bond donors (Lipinski definition) is 1. The highest BCUT2D eigenvalue weighted by Gasteiger charge is 2.13. The minimum atomic E-state index is 0.476. The van der Waals surface area contributed by atoms with E-state index in [1.54, 1.807) is 0 Å². The van der Waals surface area contributed by atoms with Crippen molar-refractivity contribution in [1.82, 2.24) is 14.9 Å². The Hall–Kier alpha value is -2.13. The third-order valence-corrected chi connectivity index (χ3v) is 4.36. The van der Waals surface area contributed by atoms with Crippen LogP contribution in [-0.2, 0) is 13.1 Å². The monoisotopic (exact) mass is 307 g/mol. The maximum atomic E-state index is 4.23. The summed E-state index contributed by atoms with van der Waals surface area (Å²) in [7, 11) is 0. The first kappa shape index (κ1) is 15.8. The molecule has 23 heavy (non-hydrogen) atoms. The van der Waals surface area contributed by atoms with Gasteiger partial charge < -0.3 is 4.98 Å². The molecule has 0 radical (unpaired) electrons. The molecule has 0 fully saturated rings. The van der Waals surface area contributed by atoms with Gasteiger partial charge in [0.25, 0.3) is 0 Å². The van der Waals surface area contributed by atoms with Crippen LogP contribution in [-0.4, -0.2) is 20.9 Å². The average molecular weight is 307 g/mol. The highest BCUT2D eigenvalue weighted by atomic mass is 15.2. The summed E-state index contributed by atoms with van der Waals surface area (Å²) in [6.07, 6.45) is 3.78. The molecule has 0 amide bonds. The number of aryl methyl sites for hydroxylation is 2. The maximum absolute atomic E-state index is 4.23. The molecule has 0 aliphatic rings. The van der Waals surface area contributed by atoms with E-state index in [2.05, 4.69) is 66.8 Å². The lowest BCUT2D eigenvalue weighted by Crippen LogP contribution is -2.30. The van der Waals surface area contributed by atoms with Crippen molar-refractivity contribution in [2.45, 2.75) is 46.8 Å². The van der Waals surface area contributed by atoms with Crippen molar-refractivity contribution >= 4 is 10.9 Å². The van der Waals surface area contributed by atoms with Crippen LogP contribution in [0.3, 0.4) is 0 Å². The molecule has 0 bridgehead atoms. The van der Waals surface area contributed by atoms with E-state index in [1.807, 2.05) is 18.5 Å². The second kappa shape index (κ2) is 6.55. The molecule has 3 aromatic rings. The van der Waals surface area contributed by atoms with E-state index < -0.39 is 0 Å². The first-order chi connectivity index (χ1) is 11.0. The molecule has 2 heterocycles. The third kappa shape index (κ3) is 3.62. The molecule has 0 spiro atoms. The van der Waals surface area contributed by atoms with Gasteiger partial charge in [0.05, 0.1) is 0 Å². The van der Waals surface area contributed by atoms with Gasteiger partial charge in [-0.3, -0.25) is 9.88 Å². The van der Waals surface area contributed by atoms with Crippen LogP contribution in [0.5, 0.6) is 0 Å². The van der Waals surface area contributed by atoms with Crippen molar-refractivity contribution in [3.8, 4) is 0 Å². The summed E-state index contributed by atoms with van der Waals surface area (Å²) < 4.78 is 0. The van der Waals surface area contributed by atoms with Gasteiger partial charge in [-0.2, -0.15) is 0 Å². The van der Waals surface area contributed by atoms with E-state index in [4.69, 9.17) is 0 Å². The number of rotatable bonds is 5. The zero-order valence-corrected chi connectivity index (χ0v) is 14.4. The van der Waals surface area contributed by atoms with Crippen LogP contribution in [0.1, 0.15) is 36.2 Å². The predicted octanol–water partition coefficient (Wildman–Crippen LogP) is 4.59. The highest BCUT2D eigenvalue weighted by Crippen LogP contribution is 2.23. The van der Waals surface area contributed by atoms with Crippen LogP contribution in [0.4, 0.5) is 0 Å². The number of aromatic nitrogens is 2. The Morgan fingerprint density at radius 1 is 1.13 bits per heavy atom. The van der Waals surface area contributed by atoms with Gasteiger partial charge in [-0.05, 0) is 62.6 Å². The van der Waals surface area contributed by atoms with Gasteiger partial charge in [0.2, 0.25) is 0 Å². The summed E-state index contributed by atoms with van der Waals surface area (Å²) >= 11 is 0. The SMILES string of the molecule is Cc1cc(C)c2cc(CN(Cc3cccnc3)C(C)C)[nH]c2c1. The Bertz CT molecular complexity index is 787. The van der Waals surface area contributed by atoms with E-state index in [0.717, 1.165) is 13.1 Å². The molecule has 3 nitrogen and oxygen atoms in total. The Kier molecular flexibility index (Phi) is 4.49. The molecule has 0 atom stereocenters.